The number of hydrogen-bond acceptors (Lipinski definition) is 2. The van der Waals surface area contributed by atoms with E-state index in [1.807, 2.05) is 4.90 Å². The first kappa shape index (κ1) is 18.5. The Balaban J connectivity index is 1.55. The van der Waals surface area contributed by atoms with E-state index in [1.165, 1.54) is 0 Å². The minimum atomic E-state index is -1.02. The Kier molecular flexibility index (Phi) is 5.68. The topological polar surface area (TPSA) is 52.7 Å². The largest absolute Gasteiger partial charge is 0.340 e. The maximum absolute atomic E-state index is 13.6. The molecule has 8 heteroatoms. The van der Waals surface area contributed by atoms with Gasteiger partial charge in [-0.15, -0.1) is 0 Å². The average Bonchev–Trinajstić information content (AvgIpc) is 2.86. The van der Waals surface area contributed by atoms with E-state index in [9.17, 15) is 22.8 Å². The molecule has 1 atom stereocenters. The van der Waals surface area contributed by atoms with Gasteiger partial charge in [-0.1, -0.05) is 0 Å². The van der Waals surface area contributed by atoms with Gasteiger partial charge in [0.05, 0.1) is 6.54 Å². The van der Waals surface area contributed by atoms with Crippen LogP contribution in [0.2, 0.25) is 0 Å². The van der Waals surface area contributed by atoms with Crippen LogP contribution >= 0.6 is 0 Å². The SMILES string of the molecule is O=C(NCc1c(F)cc(F)cc1F)N1CCCC(N2CCCC2=O)CC1. The molecule has 2 heterocycles. The predicted molar refractivity (Wildman–Crippen MR) is 88.7 cm³/mol. The number of amides is 3. The van der Waals surface area contributed by atoms with Crippen molar-refractivity contribution in [3.8, 4) is 0 Å². The molecule has 2 fully saturated rings. The maximum atomic E-state index is 13.6. The van der Waals surface area contributed by atoms with Crippen LogP contribution in [0.3, 0.4) is 0 Å². The highest BCUT2D eigenvalue weighted by molar-refractivity contribution is 5.78. The molecule has 0 saturated carbocycles. The first-order valence-corrected chi connectivity index (χ1v) is 8.91. The van der Waals surface area contributed by atoms with Gasteiger partial charge in [0.25, 0.3) is 0 Å². The Morgan fingerprint density at radius 3 is 2.46 bits per heavy atom. The van der Waals surface area contributed by atoms with Crippen LogP contribution in [-0.4, -0.2) is 47.4 Å². The van der Waals surface area contributed by atoms with Crippen LogP contribution in [0.4, 0.5) is 18.0 Å². The van der Waals surface area contributed by atoms with E-state index < -0.39 is 23.5 Å². The smallest absolute Gasteiger partial charge is 0.317 e. The fourth-order valence-electron chi connectivity index (χ4n) is 3.67. The highest BCUT2D eigenvalue weighted by Gasteiger charge is 2.30. The van der Waals surface area contributed by atoms with Crippen molar-refractivity contribution in [1.29, 1.82) is 0 Å². The zero-order chi connectivity index (χ0) is 18.7. The lowest BCUT2D eigenvalue weighted by molar-refractivity contribution is -0.129. The molecule has 1 aromatic rings. The van der Waals surface area contributed by atoms with Gasteiger partial charge in [0.15, 0.2) is 0 Å². The van der Waals surface area contributed by atoms with E-state index in [-0.39, 0.29) is 24.1 Å². The summed E-state index contributed by atoms with van der Waals surface area (Å²) in [7, 11) is 0. The zero-order valence-electron chi connectivity index (χ0n) is 14.4. The number of benzene rings is 1. The minimum Gasteiger partial charge on any atom is -0.340 e. The third-order valence-corrected chi connectivity index (χ3v) is 5.06. The molecule has 26 heavy (non-hydrogen) atoms. The van der Waals surface area contributed by atoms with Crippen molar-refractivity contribution in [3.05, 3.63) is 35.1 Å². The molecular weight excluding hydrogens is 347 g/mol. The number of rotatable bonds is 3. The Labute approximate surface area is 150 Å². The van der Waals surface area contributed by atoms with Crippen LogP contribution in [0, 0.1) is 17.5 Å². The van der Waals surface area contributed by atoms with Gasteiger partial charge in [0.1, 0.15) is 17.5 Å². The molecule has 0 spiro atoms. The van der Waals surface area contributed by atoms with Gasteiger partial charge in [0.2, 0.25) is 5.91 Å². The van der Waals surface area contributed by atoms with Crippen molar-refractivity contribution in [2.24, 2.45) is 0 Å². The van der Waals surface area contributed by atoms with Crippen molar-refractivity contribution < 1.29 is 22.8 Å². The van der Waals surface area contributed by atoms with Crippen molar-refractivity contribution in [2.45, 2.75) is 44.7 Å². The van der Waals surface area contributed by atoms with Crippen molar-refractivity contribution in [2.75, 3.05) is 19.6 Å². The van der Waals surface area contributed by atoms with E-state index in [1.54, 1.807) is 4.90 Å². The Hall–Kier alpha value is -2.25. The maximum Gasteiger partial charge on any atom is 0.317 e. The standard InChI is InChI=1S/C18H22F3N3O2/c19-12-9-15(20)14(16(21)10-12)11-22-18(26)23-6-1-3-13(5-8-23)24-7-2-4-17(24)25/h9-10,13H,1-8,11H2,(H,22,26). The number of nitrogens with zero attached hydrogens (tertiary/aromatic N) is 2. The van der Waals surface area contributed by atoms with Gasteiger partial charge in [-0.05, 0) is 25.7 Å². The van der Waals surface area contributed by atoms with Gasteiger partial charge < -0.3 is 15.1 Å². The number of carbonyl (C=O) groups is 2. The molecule has 0 aromatic heterocycles. The number of carbonyl (C=O) groups excluding carboxylic acids is 2. The number of halogens is 3. The number of nitrogens with one attached hydrogen (secondary N) is 1. The molecule has 2 saturated heterocycles. The van der Waals surface area contributed by atoms with Crippen LogP contribution in [0.5, 0.6) is 0 Å². The summed E-state index contributed by atoms with van der Waals surface area (Å²) >= 11 is 0. The van der Waals surface area contributed by atoms with Gasteiger partial charge in [-0.2, -0.15) is 0 Å². The van der Waals surface area contributed by atoms with Crippen LogP contribution in [0.25, 0.3) is 0 Å². The van der Waals surface area contributed by atoms with E-state index in [4.69, 9.17) is 0 Å². The first-order chi connectivity index (χ1) is 12.5. The summed E-state index contributed by atoms with van der Waals surface area (Å²) in [6, 6.07) is 0.916. The van der Waals surface area contributed by atoms with Crippen LogP contribution in [0.1, 0.15) is 37.7 Å². The monoisotopic (exact) mass is 369 g/mol. The summed E-state index contributed by atoms with van der Waals surface area (Å²) in [5, 5.41) is 2.49. The fraction of sp³-hybridized carbons (Fsp3) is 0.556. The number of urea groups is 1. The van der Waals surface area contributed by atoms with E-state index >= 15 is 0 Å². The Morgan fingerprint density at radius 2 is 1.81 bits per heavy atom. The molecule has 0 aliphatic carbocycles. The van der Waals surface area contributed by atoms with Gasteiger partial charge in [-0.25, -0.2) is 18.0 Å². The quantitative estimate of drug-likeness (QED) is 0.891. The summed E-state index contributed by atoms with van der Waals surface area (Å²) in [5.74, 6) is -2.86. The van der Waals surface area contributed by atoms with E-state index in [2.05, 4.69) is 5.32 Å². The molecule has 2 aliphatic rings. The molecule has 0 bridgehead atoms. The second-order valence-electron chi connectivity index (χ2n) is 6.77. The molecule has 0 radical (unpaired) electrons. The fourth-order valence-corrected chi connectivity index (χ4v) is 3.67. The van der Waals surface area contributed by atoms with Crippen LogP contribution < -0.4 is 5.32 Å². The summed E-state index contributed by atoms with van der Waals surface area (Å²) < 4.78 is 40.2. The molecule has 1 unspecified atom stereocenters. The first-order valence-electron chi connectivity index (χ1n) is 8.91. The van der Waals surface area contributed by atoms with E-state index in [0.29, 0.717) is 38.1 Å². The molecule has 142 valence electrons. The van der Waals surface area contributed by atoms with Crippen molar-refractivity contribution >= 4 is 11.9 Å². The van der Waals surface area contributed by atoms with Crippen molar-refractivity contribution in [1.82, 2.24) is 15.1 Å². The van der Waals surface area contributed by atoms with Gasteiger partial charge >= 0.3 is 6.03 Å². The molecule has 3 rings (SSSR count). The van der Waals surface area contributed by atoms with Gasteiger partial charge in [-0.3, -0.25) is 4.79 Å². The second-order valence-corrected chi connectivity index (χ2v) is 6.77. The normalized spacial score (nSPS) is 21.0. The molecule has 3 amide bonds. The zero-order valence-corrected chi connectivity index (χ0v) is 14.4. The Morgan fingerprint density at radius 1 is 1.08 bits per heavy atom. The third kappa shape index (κ3) is 4.11. The third-order valence-electron chi connectivity index (χ3n) is 5.06. The molecule has 1 N–H and O–H groups in total. The lowest BCUT2D eigenvalue weighted by atomic mass is 10.1. The van der Waals surface area contributed by atoms with Gasteiger partial charge in [0, 0.05) is 49.8 Å². The predicted octanol–water partition coefficient (Wildman–Crippen LogP) is 2.79. The highest BCUT2D eigenvalue weighted by Crippen LogP contribution is 2.22. The van der Waals surface area contributed by atoms with Crippen LogP contribution in [-0.2, 0) is 11.3 Å². The van der Waals surface area contributed by atoms with E-state index in [0.717, 1.165) is 25.8 Å². The van der Waals surface area contributed by atoms with Crippen LogP contribution in [0.15, 0.2) is 12.1 Å². The number of hydrogen-bond donors (Lipinski definition) is 1. The summed E-state index contributed by atoms with van der Waals surface area (Å²) in [5.41, 5.74) is -0.366. The Bertz CT molecular complexity index is 675. The average molecular weight is 369 g/mol. The molecular formula is C18H22F3N3O2. The second kappa shape index (κ2) is 7.97. The molecule has 2 aliphatic heterocycles. The highest BCUT2D eigenvalue weighted by atomic mass is 19.1. The molecule has 5 nitrogen and oxygen atoms in total. The summed E-state index contributed by atoms with van der Waals surface area (Å²) in [6.07, 6.45) is 3.78. The lowest BCUT2D eigenvalue weighted by Crippen LogP contribution is -2.41. The molecule has 1 aromatic carbocycles. The summed E-state index contributed by atoms with van der Waals surface area (Å²) in [6.45, 7) is 1.44. The number of likely N-dealkylation sites (tertiary alicyclic amines) is 2. The lowest BCUT2D eigenvalue weighted by Gasteiger charge is -2.27. The van der Waals surface area contributed by atoms with Crippen molar-refractivity contribution in [3.63, 3.8) is 0 Å². The summed E-state index contributed by atoms with van der Waals surface area (Å²) in [4.78, 5) is 27.7. The minimum absolute atomic E-state index is 0.148.